The van der Waals surface area contributed by atoms with Crippen molar-refractivity contribution in [3.63, 3.8) is 0 Å². The van der Waals surface area contributed by atoms with Crippen molar-refractivity contribution in [2.45, 2.75) is 33.1 Å². The largest absolute Gasteiger partial charge is 0.466 e. The number of piperidine rings is 1. The summed E-state index contributed by atoms with van der Waals surface area (Å²) in [5, 5.41) is 0. The van der Waals surface area contributed by atoms with Gasteiger partial charge in [0.05, 0.1) is 6.61 Å². The number of nitrogens with zero attached hydrogens (tertiary/aromatic N) is 1. The van der Waals surface area contributed by atoms with Crippen LogP contribution in [0, 0.1) is 23.7 Å². The lowest BCUT2D eigenvalue weighted by atomic mass is 9.64. The Balaban J connectivity index is 1.99. The van der Waals surface area contributed by atoms with Crippen molar-refractivity contribution in [3.05, 3.63) is 0 Å². The molecule has 1 saturated carbocycles. The summed E-state index contributed by atoms with van der Waals surface area (Å²) in [7, 11) is 2.20. The van der Waals surface area contributed by atoms with Crippen LogP contribution in [0.2, 0.25) is 0 Å². The maximum atomic E-state index is 11.7. The topological polar surface area (TPSA) is 29.5 Å². The van der Waals surface area contributed by atoms with Crippen molar-refractivity contribution in [2.24, 2.45) is 23.7 Å². The minimum absolute atomic E-state index is 0.00612. The molecule has 3 nitrogen and oxygen atoms in total. The van der Waals surface area contributed by atoms with Gasteiger partial charge in [-0.3, -0.25) is 4.79 Å². The molecule has 0 aromatic rings. The van der Waals surface area contributed by atoms with Crippen molar-refractivity contribution in [1.29, 1.82) is 0 Å². The summed E-state index contributed by atoms with van der Waals surface area (Å²) in [6.07, 6.45) is 3.21. The first-order valence-corrected chi connectivity index (χ1v) is 6.94. The molecule has 0 amide bonds. The molecule has 2 bridgehead atoms. The summed E-state index contributed by atoms with van der Waals surface area (Å²) in [6.45, 7) is 7.06. The van der Waals surface area contributed by atoms with E-state index in [0.29, 0.717) is 30.8 Å². The average molecular weight is 239 g/mol. The Morgan fingerprint density at radius 2 is 1.88 bits per heavy atom. The lowest BCUT2D eigenvalue weighted by Gasteiger charge is -2.48. The highest BCUT2D eigenvalue weighted by atomic mass is 16.5. The first-order chi connectivity index (χ1) is 8.10. The molecule has 2 fully saturated rings. The Morgan fingerprint density at radius 3 is 2.41 bits per heavy atom. The number of carbonyl (C=O) groups excluding carboxylic acids is 1. The molecule has 2 rings (SSSR count). The van der Waals surface area contributed by atoms with Gasteiger partial charge in [0.1, 0.15) is 0 Å². The van der Waals surface area contributed by atoms with Crippen molar-refractivity contribution < 1.29 is 9.53 Å². The molecule has 2 unspecified atom stereocenters. The van der Waals surface area contributed by atoms with E-state index < -0.39 is 0 Å². The predicted molar refractivity (Wildman–Crippen MR) is 67.6 cm³/mol. The molecule has 0 spiro atoms. The molecule has 1 aliphatic heterocycles. The van der Waals surface area contributed by atoms with Gasteiger partial charge in [-0.2, -0.15) is 0 Å². The first-order valence-electron chi connectivity index (χ1n) is 6.94. The fourth-order valence-corrected chi connectivity index (χ4v) is 3.91. The maximum absolute atomic E-state index is 11.7. The van der Waals surface area contributed by atoms with E-state index in [2.05, 4.69) is 18.9 Å². The number of hydrogen-bond acceptors (Lipinski definition) is 3. The second kappa shape index (κ2) is 5.38. The second-order valence-corrected chi connectivity index (χ2v) is 5.99. The van der Waals surface area contributed by atoms with Crippen molar-refractivity contribution in [3.8, 4) is 0 Å². The molecule has 17 heavy (non-hydrogen) atoms. The summed E-state index contributed by atoms with van der Waals surface area (Å²) in [6, 6.07) is 0. The van der Waals surface area contributed by atoms with Crippen LogP contribution in [-0.4, -0.2) is 37.6 Å². The average Bonchev–Trinajstić information content (AvgIpc) is 2.20. The van der Waals surface area contributed by atoms with Gasteiger partial charge in [-0.25, -0.2) is 0 Å². The number of likely N-dealkylation sites (tertiary alicyclic amines) is 1. The molecule has 98 valence electrons. The molecule has 0 radical (unpaired) electrons. The quantitative estimate of drug-likeness (QED) is 0.707. The SMILES string of the molecule is CCOC(=O)CC1C2CC(C)CC1CN(C)C2. The normalized spacial score (nSPS) is 37.8. The highest BCUT2D eigenvalue weighted by Crippen LogP contribution is 2.43. The zero-order chi connectivity index (χ0) is 12.4. The van der Waals surface area contributed by atoms with Gasteiger partial charge in [-0.15, -0.1) is 0 Å². The number of rotatable bonds is 3. The fraction of sp³-hybridized carbons (Fsp3) is 0.929. The molecule has 0 aromatic heterocycles. The van der Waals surface area contributed by atoms with Crippen LogP contribution in [0.5, 0.6) is 0 Å². The molecule has 0 N–H and O–H groups in total. The van der Waals surface area contributed by atoms with E-state index in [4.69, 9.17) is 4.74 Å². The molecular weight excluding hydrogens is 214 g/mol. The van der Waals surface area contributed by atoms with Crippen LogP contribution < -0.4 is 0 Å². The summed E-state index contributed by atoms with van der Waals surface area (Å²) in [5.41, 5.74) is 0. The number of fused-ring (bicyclic) bond motifs is 2. The smallest absolute Gasteiger partial charge is 0.306 e. The third-order valence-electron chi connectivity index (χ3n) is 4.42. The zero-order valence-corrected chi connectivity index (χ0v) is 11.3. The molecule has 1 aliphatic carbocycles. The van der Waals surface area contributed by atoms with Crippen molar-refractivity contribution >= 4 is 5.97 Å². The minimum atomic E-state index is 0.00612. The summed E-state index contributed by atoms with van der Waals surface area (Å²) < 4.78 is 5.11. The van der Waals surface area contributed by atoms with Gasteiger partial charge in [0.15, 0.2) is 0 Å². The molecule has 1 heterocycles. The standard InChI is InChI=1S/C14H25NO2/c1-4-17-14(16)7-13-11-5-10(2)6-12(13)9-15(3)8-11/h10-13H,4-9H2,1-3H3. The minimum Gasteiger partial charge on any atom is -0.466 e. The van der Waals surface area contributed by atoms with Gasteiger partial charge in [0.2, 0.25) is 0 Å². The van der Waals surface area contributed by atoms with Crippen molar-refractivity contribution in [2.75, 3.05) is 26.7 Å². The lowest BCUT2D eigenvalue weighted by Crippen LogP contribution is -2.49. The van der Waals surface area contributed by atoms with Crippen LogP contribution in [0.4, 0.5) is 0 Å². The summed E-state index contributed by atoms with van der Waals surface area (Å²) >= 11 is 0. The van der Waals surface area contributed by atoms with Gasteiger partial charge in [-0.05, 0) is 50.5 Å². The fourth-order valence-electron chi connectivity index (χ4n) is 3.91. The van der Waals surface area contributed by atoms with Crippen LogP contribution in [0.25, 0.3) is 0 Å². The second-order valence-electron chi connectivity index (χ2n) is 5.99. The third-order valence-corrected chi connectivity index (χ3v) is 4.42. The van der Waals surface area contributed by atoms with Gasteiger partial charge in [-0.1, -0.05) is 6.92 Å². The van der Waals surface area contributed by atoms with E-state index in [9.17, 15) is 4.79 Å². The van der Waals surface area contributed by atoms with E-state index in [1.54, 1.807) is 0 Å². The molecule has 2 atom stereocenters. The van der Waals surface area contributed by atoms with E-state index in [1.807, 2.05) is 6.92 Å². The molecule has 3 heteroatoms. The number of hydrogen-bond donors (Lipinski definition) is 0. The van der Waals surface area contributed by atoms with Crippen LogP contribution >= 0.6 is 0 Å². The summed E-state index contributed by atoms with van der Waals surface area (Å²) in [5.74, 6) is 2.81. The van der Waals surface area contributed by atoms with E-state index in [0.717, 1.165) is 19.0 Å². The monoisotopic (exact) mass is 239 g/mol. The van der Waals surface area contributed by atoms with Gasteiger partial charge < -0.3 is 9.64 Å². The van der Waals surface area contributed by atoms with Crippen LogP contribution in [0.3, 0.4) is 0 Å². The molecule has 2 aliphatic rings. The third kappa shape index (κ3) is 3.01. The molecule has 0 aromatic carbocycles. The van der Waals surface area contributed by atoms with Gasteiger partial charge >= 0.3 is 5.97 Å². The van der Waals surface area contributed by atoms with E-state index in [1.165, 1.54) is 12.8 Å². The first kappa shape index (κ1) is 12.9. The molecular formula is C14H25NO2. The van der Waals surface area contributed by atoms with Gasteiger partial charge in [0, 0.05) is 19.5 Å². The number of ether oxygens (including phenoxy) is 1. The van der Waals surface area contributed by atoms with Crippen LogP contribution in [-0.2, 0) is 9.53 Å². The highest BCUT2D eigenvalue weighted by molar-refractivity contribution is 5.69. The maximum Gasteiger partial charge on any atom is 0.306 e. The van der Waals surface area contributed by atoms with Gasteiger partial charge in [0.25, 0.3) is 0 Å². The highest BCUT2D eigenvalue weighted by Gasteiger charge is 2.41. The van der Waals surface area contributed by atoms with Crippen LogP contribution in [0.15, 0.2) is 0 Å². The Kier molecular flexibility index (Phi) is 4.08. The Bertz CT molecular complexity index is 249. The summed E-state index contributed by atoms with van der Waals surface area (Å²) in [4.78, 5) is 14.1. The Morgan fingerprint density at radius 1 is 1.29 bits per heavy atom. The number of esters is 1. The van der Waals surface area contributed by atoms with Crippen molar-refractivity contribution in [1.82, 2.24) is 4.90 Å². The predicted octanol–water partition coefficient (Wildman–Crippen LogP) is 2.16. The van der Waals surface area contributed by atoms with Crippen LogP contribution in [0.1, 0.15) is 33.1 Å². The number of carbonyl (C=O) groups is 1. The molecule has 1 saturated heterocycles. The van der Waals surface area contributed by atoms with E-state index in [-0.39, 0.29) is 5.97 Å². The lowest BCUT2D eigenvalue weighted by molar-refractivity contribution is -0.147. The zero-order valence-electron chi connectivity index (χ0n) is 11.3. The van der Waals surface area contributed by atoms with E-state index >= 15 is 0 Å². The Hall–Kier alpha value is -0.570. The Labute approximate surface area is 105 Å².